The first-order valence-corrected chi connectivity index (χ1v) is 10.2. The molecule has 0 bridgehead atoms. The van der Waals surface area contributed by atoms with Crippen LogP contribution < -0.4 is 0 Å². The molecule has 7 nitrogen and oxygen atoms in total. The van der Waals surface area contributed by atoms with Gasteiger partial charge in [-0.15, -0.1) is 0 Å². The van der Waals surface area contributed by atoms with Gasteiger partial charge in [0, 0.05) is 35.1 Å². The summed E-state index contributed by atoms with van der Waals surface area (Å²) in [6.45, 7) is 4.16. The monoisotopic (exact) mass is 440 g/mol. The first-order chi connectivity index (χ1) is 15.1. The zero-order valence-electron chi connectivity index (χ0n) is 18.3. The Hall–Kier alpha value is -3.42. The van der Waals surface area contributed by atoms with Gasteiger partial charge in [-0.25, -0.2) is 0 Å². The molecule has 0 radical (unpaired) electrons. The van der Waals surface area contributed by atoms with Gasteiger partial charge in [-0.05, 0) is 55.2 Å². The van der Waals surface area contributed by atoms with E-state index in [-0.39, 0.29) is 63.8 Å². The molecule has 0 amide bonds. The van der Waals surface area contributed by atoms with Crippen molar-refractivity contribution in [3.05, 3.63) is 74.3 Å². The standard InChI is InChI=1S/C25H28O7/c1-12-4-15(6-17-8-19(10-26)23(30)13(2)21(17)28)25(32)16(5-12)7-18-9-20(11-27)24(31)14(3)22(18)29/h4-5,8-9,26-32H,6-7,10-11H2,1-3H3. The second-order valence-corrected chi connectivity index (χ2v) is 8.14. The van der Waals surface area contributed by atoms with E-state index in [9.17, 15) is 35.7 Å². The number of aryl methyl sites for hydroxylation is 1. The maximum atomic E-state index is 11.0. The topological polar surface area (TPSA) is 142 Å². The predicted molar refractivity (Wildman–Crippen MR) is 119 cm³/mol. The molecular weight excluding hydrogens is 412 g/mol. The minimum absolute atomic E-state index is 0.0121. The Morgan fingerprint density at radius 3 is 1.12 bits per heavy atom. The van der Waals surface area contributed by atoms with Crippen LogP contribution in [0, 0.1) is 20.8 Å². The molecule has 0 aliphatic heterocycles. The summed E-state index contributed by atoms with van der Waals surface area (Å²) in [7, 11) is 0. The van der Waals surface area contributed by atoms with Crippen LogP contribution in [0.5, 0.6) is 28.7 Å². The normalized spacial score (nSPS) is 11.2. The van der Waals surface area contributed by atoms with E-state index in [1.54, 1.807) is 26.0 Å². The average Bonchev–Trinajstić information content (AvgIpc) is 2.77. The smallest absolute Gasteiger partial charge is 0.127 e. The Balaban J connectivity index is 2.05. The van der Waals surface area contributed by atoms with Crippen LogP contribution in [0.1, 0.15) is 50.1 Å². The second-order valence-electron chi connectivity index (χ2n) is 8.14. The third-order valence-corrected chi connectivity index (χ3v) is 5.85. The lowest BCUT2D eigenvalue weighted by Gasteiger charge is -2.17. The zero-order valence-corrected chi connectivity index (χ0v) is 18.3. The van der Waals surface area contributed by atoms with Crippen molar-refractivity contribution in [2.45, 2.75) is 46.8 Å². The fourth-order valence-electron chi connectivity index (χ4n) is 4.01. The average molecular weight is 440 g/mol. The molecule has 7 heteroatoms. The van der Waals surface area contributed by atoms with Crippen LogP contribution in [0.3, 0.4) is 0 Å². The summed E-state index contributed by atoms with van der Waals surface area (Å²) in [6, 6.07) is 6.56. The van der Waals surface area contributed by atoms with Gasteiger partial charge in [-0.3, -0.25) is 0 Å². The number of benzene rings is 3. The van der Waals surface area contributed by atoms with Crippen LogP contribution in [-0.4, -0.2) is 35.7 Å². The van der Waals surface area contributed by atoms with Gasteiger partial charge in [0.25, 0.3) is 0 Å². The number of hydrogen-bond acceptors (Lipinski definition) is 7. The van der Waals surface area contributed by atoms with E-state index >= 15 is 0 Å². The van der Waals surface area contributed by atoms with Crippen LogP contribution in [0.4, 0.5) is 0 Å². The van der Waals surface area contributed by atoms with Gasteiger partial charge in [-0.1, -0.05) is 17.7 Å². The van der Waals surface area contributed by atoms with Crippen molar-refractivity contribution in [2.75, 3.05) is 0 Å². The van der Waals surface area contributed by atoms with E-state index in [0.717, 1.165) is 5.56 Å². The highest BCUT2D eigenvalue weighted by Gasteiger charge is 2.19. The lowest BCUT2D eigenvalue weighted by molar-refractivity contribution is 0.274. The number of aliphatic hydroxyl groups excluding tert-OH is 2. The van der Waals surface area contributed by atoms with E-state index < -0.39 is 13.2 Å². The molecule has 0 saturated heterocycles. The van der Waals surface area contributed by atoms with Crippen LogP contribution in [0.15, 0.2) is 24.3 Å². The lowest BCUT2D eigenvalue weighted by atomic mass is 9.92. The Morgan fingerprint density at radius 2 is 0.781 bits per heavy atom. The molecule has 32 heavy (non-hydrogen) atoms. The molecule has 0 aliphatic rings. The summed E-state index contributed by atoms with van der Waals surface area (Å²) in [5, 5.41) is 71.0. The molecule has 3 rings (SSSR count). The van der Waals surface area contributed by atoms with Gasteiger partial charge in [0.05, 0.1) is 13.2 Å². The second kappa shape index (κ2) is 8.98. The molecule has 0 unspecified atom stereocenters. The van der Waals surface area contributed by atoms with Crippen molar-refractivity contribution in [1.29, 1.82) is 0 Å². The molecule has 0 atom stereocenters. The van der Waals surface area contributed by atoms with Crippen LogP contribution in [-0.2, 0) is 26.1 Å². The van der Waals surface area contributed by atoms with Crippen LogP contribution in [0.25, 0.3) is 0 Å². The van der Waals surface area contributed by atoms with E-state index in [2.05, 4.69) is 0 Å². The molecule has 0 heterocycles. The molecule has 0 saturated carbocycles. The van der Waals surface area contributed by atoms with E-state index in [1.165, 1.54) is 12.1 Å². The summed E-state index contributed by atoms with van der Waals surface area (Å²) < 4.78 is 0. The number of hydrogen-bond donors (Lipinski definition) is 7. The van der Waals surface area contributed by atoms with Crippen molar-refractivity contribution >= 4 is 0 Å². The highest BCUT2D eigenvalue weighted by molar-refractivity contribution is 5.57. The Bertz CT molecular complexity index is 1090. The molecule has 0 aromatic heterocycles. The van der Waals surface area contributed by atoms with Gasteiger partial charge >= 0.3 is 0 Å². The van der Waals surface area contributed by atoms with Gasteiger partial charge < -0.3 is 35.7 Å². The highest BCUT2D eigenvalue weighted by Crippen LogP contribution is 2.39. The number of aliphatic hydroxyl groups is 2. The van der Waals surface area contributed by atoms with Crippen molar-refractivity contribution in [1.82, 2.24) is 0 Å². The van der Waals surface area contributed by atoms with E-state index in [4.69, 9.17) is 0 Å². The third kappa shape index (κ3) is 4.17. The quantitative estimate of drug-likeness (QED) is 0.312. The molecule has 7 N–H and O–H groups in total. The molecule has 0 spiro atoms. The Morgan fingerprint density at radius 1 is 0.469 bits per heavy atom. The van der Waals surface area contributed by atoms with Crippen LogP contribution >= 0.6 is 0 Å². The maximum absolute atomic E-state index is 11.0. The summed E-state index contributed by atoms with van der Waals surface area (Å²) in [4.78, 5) is 0. The fraction of sp³-hybridized carbons (Fsp3) is 0.280. The molecule has 0 fully saturated rings. The van der Waals surface area contributed by atoms with Gasteiger partial charge in [0.2, 0.25) is 0 Å². The molecular formula is C25H28O7. The Labute approximate surface area is 186 Å². The minimum Gasteiger partial charge on any atom is -0.507 e. The van der Waals surface area contributed by atoms with Gasteiger partial charge in [-0.2, -0.15) is 0 Å². The van der Waals surface area contributed by atoms with Crippen LogP contribution in [0.2, 0.25) is 0 Å². The third-order valence-electron chi connectivity index (χ3n) is 5.85. The fourth-order valence-corrected chi connectivity index (χ4v) is 4.01. The zero-order chi connectivity index (χ0) is 23.7. The minimum atomic E-state index is -0.391. The SMILES string of the molecule is Cc1cc(Cc2cc(CO)c(O)c(C)c2O)c(O)c(Cc2cc(CO)c(O)c(C)c2O)c1. The summed E-state index contributed by atoms with van der Waals surface area (Å²) >= 11 is 0. The number of phenolic OH excluding ortho intramolecular Hbond substituents is 3. The van der Waals surface area contributed by atoms with E-state index in [1.807, 2.05) is 6.92 Å². The maximum Gasteiger partial charge on any atom is 0.127 e. The van der Waals surface area contributed by atoms with Crippen molar-refractivity contribution in [3.8, 4) is 28.7 Å². The molecule has 170 valence electrons. The highest BCUT2D eigenvalue weighted by atomic mass is 16.3. The summed E-state index contributed by atoms with van der Waals surface area (Å²) in [5.41, 5.74) is 3.86. The number of rotatable bonds is 6. The number of phenols is 5. The predicted octanol–water partition coefficient (Wildman–Crippen LogP) is 3.31. The van der Waals surface area contributed by atoms with Gasteiger partial charge in [0.15, 0.2) is 0 Å². The number of aromatic hydroxyl groups is 5. The molecule has 3 aromatic carbocycles. The first kappa shape index (κ1) is 23.2. The summed E-state index contributed by atoms with van der Waals surface area (Å²) in [6.07, 6.45) is 0.311. The van der Waals surface area contributed by atoms with E-state index in [0.29, 0.717) is 22.3 Å². The van der Waals surface area contributed by atoms with Crippen molar-refractivity contribution < 1.29 is 35.7 Å². The first-order valence-electron chi connectivity index (χ1n) is 10.2. The largest absolute Gasteiger partial charge is 0.507 e. The van der Waals surface area contributed by atoms with Gasteiger partial charge in [0.1, 0.15) is 28.7 Å². The van der Waals surface area contributed by atoms with Crippen molar-refractivity contribution in [3.63, 3.8) is 0 Å². The molecule has 3 aromatic rings. The van der Waals surface area contributed by atoms with Crippen molar-refractivity contribution in [2.24, 2.45) is 0 Å². The Kier molecular flexibility index (Phi) is 6.52. The molecule has 0 aliphatic carbocycles. The summed E-state index contributed by atoms with van der Waals surface area (Å²) in [5.74, 6) is -0.563. The lowest BCUT2D eigenvalue weighted by Crippen LogP contribution is -2.00.